The summed E-state index contributed by atoms with van der Waals surface area (Å²) in [5.74, 6) is -0.516. The Balaban J connectivity index is 2.45. The van der Waals surface area contributed by atoms with Crippen molar-refractivity contribution in [3.05, 3.63) is 23.8 Å². The normalized spacial score (nSPS) is 16.3. The van der Waals surface area contributed by atoms with E-state index in [0.29, 0.717) is 12.8 Å². The molecule has 124 valence electrons. The minimum atomic E-state index is -3.87. The zero-order valence-corrected chi connectivity index (χ0v) is 14.0. The van der Waals surface area contributed by atoms with Crippen LogP contribution in [0.1, 0.15) is 29.6 Å². The highest BCUT2D eigenvalue weighted by atomic mass is 32.2. The maximum absolute atomic E-state index is 12.8. The Labute approximate surface area is 135 Å². The van der Waals surface area contributed by atoms with Crippen LogP contribution in [0.4, 0.5) is 0 Å². The van der Waals surface area contributed by atoms with E-state index in [1.54, 1.807) is 0 Å². The van der Waals surface area contributed by atoms with Crippen molar-refractivity contribution < 1.29 is 22.7 Å². The van der Waals surface area contributed by atoms with Crippen molar-refractivity contribution in [1.82, 2.24) is 4.31 Å². The van der Waals surface area contributed by atoms with Gasteiger partial charge in [-0.25, -0.2) is 13.2 Å². The third-order valence-electron chi connectivity index (χ3n) is 4.23. The topological polar surface area (TPSA) is 96.7 Å². The van der Waals surface area contributed by atoms with Crippen LogP contribution in [-0.4, -0.2) is 45.5 Å². The summed E-state index contributed by atoms with van der Waals surface area (Å²) < 4.78 is 36.3. The van der Waals surface area contributed by atoms with Crippen LogP contribution in [0.15, 0.2) is 23.1 Å². The van der Waals surface area contributed by atoms with Gasteiger partial charge in [-0.15, -0.1) is 0 Å². The molecular weight excluding hydrogens is 320 g/mol. The van der Waals surface area contributed by atoms with Crippen molar-refractivity contribution in [1.29, 1.82) is 5.26 Å². The summed E-state index contributed by atoms with van der Waals surface area (Å²) in [7, 11) is 0.0961. The van der Waals surface area contributed by atoms with Gasteiger partial charge in [-0.3, -0.25) is 0 Å². The second kappa shape index (κ2) is 6.18. The summed E-state index contributed by atoms with van der Waals surface area (Å²) in [4.78, 5) is 11.6. The number of hydrogen-bond donors (Lipinski definition) is 0. The molecule has 0 aliphatic heterocycles. The molecule has 7 nitrogen and oxygen atoms in total. The number of benzene rings is 1. The van der Waals surface area contributed by atoms with Crippen LogP contribution in [0.25, 0.3) is 0 Å². The molecule has 0 atom stereocenters. The Morgan fingerprint density at radius 3 is 2.43 bits per heavy atom. The molecular formula is C15H18N2O5S. The monoisotopic (exact) mass is 338 g/mol. The van der Waals surface area contributed by atoms with Crippen LogP contribution in [0, 0.1) is 11.3 Å². The van der Waals surface area contributed by atoms with Crippen LogP contribution in [0.3, 0.4) is 0 Å². The molecule has 1 aromatic rings. The molecule has 0 bridgehead atoms. The molecule has 0 N–H and O–H groups in total. The molecule has 1 aliphatic carbocycles. The average Bonchev–Trinajstić information content (AvgIpc) is 2.52. The van der Waals surface area contributed by atoms with Crippen molar-refractivity contribution in [2.24, 2.45) is 0 Å². The van der Waals surface area contributed by atoms with E-state index in [0.717, 1.165) is 10.7 Å². The Bertz CT molecular complexity index is 763. The summed E-state index contributed by atoms with van der Waals surface area (Å²) in [5.41, 5.74) is -0.858. The molecule has 1 aliphatic rings. The van der Waals surface area contributed by atoms with Crippen LogP contribution >= 0.6 is 0 Å². The van der Waals surface area contributed by atoms with Gasteiger partial charge in [0, 0.05) is 13.1 Å². The van der Waals surface area contributed by atoms with Crippen LogP contribution < -0.4 is 4.74 Å². The van der Waals surface area contributed by atoms with Gasteiger partial charge in [-0.2, -0.15) is 9.57 Å². The van der Waals surface area contributed by atoms with Gasteiger partial charge in [0.1, 0.15) is 16.9 Å². The number of methoxy groups -OCH3 is 2. The van der Waals surface area contributed by atoms with E-state index in [1.807, 2.05) is 0 Å². The van der Waals surface area contributed by atoms with E-state index in [9.17, 15) is 18.5 Å². The third kappa shape index (κ3) is 2.78. The number of nitriles is 1. The standard InChI is InChI=1S/C15H18N2O5S/c1-17(15(10-16)7-4-8-15)23(19,20)11-5-6-12(14(18)22-3)13(9-11)21-2/h5-6,9H,4,7-8H2,1-3H3. The maximum atomic E-state index is 12.8. The van der Waals surface area contributed by atoms with Gasteiger partial charge in [0.25, 0.3) is 0 Å². The SMILES string of the molecule is COC(=O)c1ccc(S(=O)(=O)N(C)C2(C#N)CCC2)cc1OC. The number of nitrogens with zero attached hydrogens (tertiary/aromatic N) is 2. The summed E-state index contributed by atoms with van der Waals surface area (Å²) in [6, 6.07) is 6.01. The van der Waals surface area contributed by atoms with Crippen LogP contribution in [0.5, 0.6) is 5.75 Å². The molecule has 0 amide bonds. The number of carbonyl (C=O) groups is 1. The molecule has 0 unspecified atom stereocenters. The lowest BCUT2D eigenvalue weighted by molar-refractivity contribution is 0.0597. The Kier molecular flexibility index (Phi) is 4.63. The minimum Gasteiger partial charge on any atom is -0.496 e. The molecule has 1 aromatic carbocycles. The number of esters is 1. The van der Waals surface area contributed by atoms with Gasteiger partial charge in [-0.05, 0) is 31.4 Å². The number of rotatable bonds is 5. The molecule has 1 fully saturated rings. The largest absolute Gasteiger partial charge is 0.496 e. The van der Waals surface area contributed by atoms with Gasteiger partial charge in [0.05, 0.1) is 25.2 Å². The van der Waals surface area contributed by atoms with Crippen molar-refractivity contribution >= 4 is 16.0 Å². The summed E-state index contributed by atoms with van der Waals surface area (Å²) >= 11 is 0. The summed E-state index contributed by atoms with van der Waals surface area (Å²) in [6.45, 7) is 0. The Hall–Kier alpha value is -2.11. The van der Waals surface area contributed by atoms with E-state index in [4.69, 9.17) is 4.74 Å². The number of hydrogen-bond acceptors (Lipinski definition) is 6. The Morgan fingerprint density at radius 1 is 1.35 bits per heavy atom. The van der Waals surface area contributed by atoms with Crippen molar-refractivity contribution in [2.75, 3.05) is 21.3 Å². The first-order chi connectivity index (χ1) is 10.8. The quantitative estimate of drug-likeness (QED) is 0.756. The van der Waals surface area contributed by atoms with E-state index in [-0.39, 0.29) is 16.2 Å². The average molecular weight is 338 g/mol. The highest BCUT2D eigenvalue weighted by Gasteiger charge is 2.47. The van der Waals surface area contributed by atoms with Crippen molar-refractivity contribution in [2.45, 2.75) is 29.7 Å². The van der Waals surface area contributed by atoms with Gasteiger partial charge >= 0.3 is 5.97 Å². The smallest absolute Gasteiger partial charge is 0.341 e. The molecule has 0 heterocycles. The fraction of sp³-hybridized carbons (Fsp3) is 0.467. The summed E-state index contributed by atoms with van der Waals surface area (Å²) in [5, 5.41) is 9.32. The zero-order valence-electron chi connectivity index (χ0n) is 13.2. The van der Waals surface area contributed by atoms with Gasteiger partial charge in [-0.1, -0.05) is 0 Å². The second-order valence-electron chi connectivity index (χ2n) is 5.32. The fourth-order valence-corrected chi connectivity index (χ4v) is 4.00. The molecule has 8 heteroatoms. The highest BCUT2D eigenvalue weighted by molar-refractivity contribution is 7.89. The van der Waals surface area contributed by atoms with Crippen molar-refractivity contribution in [3.8, 4) is 11.8 Å². The maximum Gasteiger partial charge on any atom is 0.341 e. The minimum absolute atomic E-state index is 0.0361. The Morgan fingerprint density at radius 2 is 2.00 bits per heavy atom. The molecule has 0 spiro atoms. The van der Waals surface area contributed by atoms with E-state index < -0.39 is 21.5 Å². The lowest BCUT2D eigenvalue weighted by atomic mass is 9.78. The first-order valence-corrected chi connectivity index (χ1v) is 8.43. The molecule has 0 radical (unpaired) electrons. The predicted octanol–water partition coefficient (Wildman–Crippen LogP) is 1.55. The van der Waals surface area contributed by atoms with Crippen LogP contribution in [0.2, 0.25) is 0 Å². The summed E-state index contributed by atoms with van der Waals surface area (Å²) in [6.07, 6.45) is 1.84. The van der Waals surface area contributed by atoms with E-state index in [2.05, 4.69) is 10.8 Å². The van der Waals surface area contributed by atoms with Gasteiger partial charge < -0.3 is 9.47 Å². The number of ether oxygens (including phenoxy) is 2. The van der Waals surface area contributed by atoms with Crippen LogP contribution in [-0.2, 0) is 14.8 Å². The molecule has 0 aromatic heterocycles. The zero-order chi connectivity index (χ0) is 17.3. The fourth-order valence-electron chi connectivity index (χ4n) is 2.51. The molecule has 2 rings (SSSR count). The third-order valence-corrected chi connectivity index (χ3v) is 6.15. The van der Waals surface area contributed by atoms with E-state index in [1.165, 1.54) is 39.5 Å². The molecule has 1 saturated carbocycles. The van der Waals surface area contributed by atoms with Gasteiger partial charge in [0.15, 0.2) is 0 Å². The van der Waals surface area contributed by atoms with Crippen molar-refractivity contribution in [3.63, 3.8) is 0 Å². The lowest BCUT2D eigenvalue weighted by Crippen LogP contribution is -2.53. The number of carbonyl (C=O) groups excluding carboxylic acids is 1. The second-order valence-corrected chi connectivity index (χ2v) is 7.29. The molecule has 23 heavy (non-hydrogen) atoms. The lowest BCUT2D eigenvalue weighted by Gasteiger charge is -2.41. The number of sulfonamides is 1. The highest BCUT2D eigenvalue weighted by Crippen LogP contribution is 2.39. The van der Waals surface area contributed by atoms with E-state index >= 15 is 0 Å². The first-order valence-electron chi connectivity index (χ1n) is 6.99. The first kappa shape index (κ1) is 17.2. The molecule has 0 saturated heterocycles. The van der Waals surface area contributed by atoms with Gasteiger partial charge in [0.2, 0.25) is 10.0 Å². The predicted molar refractivity (Wildman–Crippen MR) is 81.5 cm³/mol.